The summed E-state index contributed by atoms with van der Waals surface area (Å²) in [6.45, 7) is 14.0. The summed E-state index contributed by atoms with van der Waals surface area (Å²) in [6.07, 6.45) is 16.2. The summed E-state index contributed by atoms with van der Waals surface area (Å²) in [5.41, 5.74) is 4.64. The minimum absolute atomic E-state index is 0.162. The third kappa shape index (κ3) is 2.66. The van der Waals surface area contributed by atoms with Crippen molar-refractivity contribution in [1.29, 1.82) is 0 Å². The summed E-state index contributed by atoms with van der Waals surface area (Å²) < 4.78 is 0. The molecule has 0 N–H and O–H groups in total. The van der Waals surface area contributed by atoms with Gasteiger partial charge in [-0.3, -0.25) is 0 Å². The molecule has 0 saturated heterocycles. The van der Waals surface area contributed by atoms with Gasteiger partial charge in [-0.15, -0.1) is 0 Å². The zero-order valence-corrected chi connectivity index (χ0v) is 14.9. The van der Waals surface area contributed by atoms with Crippen LogP contribution < -0.4 is 0 Å². The van der Waals surface area contributed by atoms with Gasteiger partial charge in [0.15, 0.2) is 0 Å². The quantitative estimate of drug-likeness (QED) is 0.449. The number of fused-ring (bicyclic) bond motifs is 3. The van der Waals surface area contributed by atoms with Crippen molar-refractivity contribution in [3.63, 3.8) is 0 Å². The molecule has 120 valence electrons. The Kier molecular flexibility index (Phi) is 4.23. The highest BCUT2D eigenvalue weighted by atomic mass is 14.5. The Balaban J connectivity index is 1.99. The molecular weight excluding hydrogens is 264 g/mol. The van der Waals surface area contributed by atoms with Gasteiger partial charge in [0.1, 0.15) is 0 Å². The lowest BCUT2D eigenvalue weighted by Gasteiger charge is -2.45. The first-order valence-corrected chi connectivity index (χ1v) is 9.21. The van der Waals surface area contributed by atoms with Crippen LogP contribution in [0.2, 0.25) is 0 Å². The molecule has 0 aromatic heterocycles. The molecule has 0 radical (unpaired) electrons. The summed E-state index contributed by atoms with van der Waals surface area (Å²) in [6, 6.07) is 0. The monoisotopic (exact) mass is 296 g/mol. The van der Waals surface area contributed by atoms with E-state index in [1.807, 2.05) is 0 Å². The van der Waals surface area contributed by atoms with Crippen molar-refractivity contribution < 1.29 is 0 Å². The molecule has 0 aliphatic heterocycles. The van der Waals surface area contributed by atoms with Crippen LogP contribution in [0.25, 0.3) is 0 Å². The second-order valence-corrected chi connectivity index (χ2v) is 8.33. The fraction of sp³-hybridized carbons (Fsp3) is 0.636. The summed E-state index contributed by atoms with van der Waals surface area (Å²) >= 11 is 0. The van der Waals surface area contributed by atoms with Gasteiger partial charge in [0, 0.05) is 5.41 Å². The Morgan fingerprint density at radius 3 is 2.64 bits per heavy atom. The van der Waals surface area contributed by atoms with E-state index in [2.05, 4.69) is 58.6 Å². The second kappa shape index (κ2) is 5.87. The Morgan fingerprint density at radius 2 is 1.86 bits per heavy atom. The zero-order chi connectivity index (χ0) is 15.9. The molecule has 5 atom stereocenters. The summed E-state index contributed by atoms with van der Waals surface area (Å²) in [5, 5.41) is 0. The van der Waals surface area contributed by atoms with Crippen LogP contribution in [0.5, 0.6) is 0 Å². The number of allylic oxidation sites excluding steroid dienone is 7. The molecule has 0 aromatic carbocycles. The van der Waals surface area contributed by atoms with Gasteiger partial charge in [-0.1, -0.05) is 62.8 Å². The van der Waals surface area contributed by atoms with Crippen LogP contribution in [-0.2, 0) is 0 Å². The van der Waals surface area contributed by atoms with Crippen LogP contribution in [0.3, 0.4) is 0 Å². The van der Waals surface area contributed by atoms with Crippen molar-refractivity contribution in [2.45, 2.75) is 59.8 Å². The van der Waals surface area contributed by atoms with Crippen molar-refractivity contribution in [2.75, 3.05) is 0 Å². The number of rotatable bonds is 0. The molecule has 3 aliphatic carbocycles. The molecule has 1 fully saturated rings. The Bertz CT molecular complexity index is 544. The smallest absolute Gasteiger partial charge is 0.0281 e. The van der Waals surface area contributed by atoms with E-state index in [4.69, 9.17) is 0 Å². The second-order valence-electron chi connectivity index (χ2n) is 8.33. The van der Waals surface area contributed by atoms with Gasteiger partial charge in [0.25, 0.3) is 0 Å². The van der Waals surface area contributed by atoms with Gasteiger partial charge < -0.3 is 0 Å². The lowest BCUT2D eigenvalue weighted by atomic mass is 9.59. The lowest BCUT2D eigenvalue weighted by molar-refractivity contribution is 0.238. The van der Waals surface area contributed by atoms with E-state index in [0.717, 1.165) is 23.7 Å². The van der Waals surface area contributed by atoms with Crippen LogP contribution in [0.4, 0.5) is 0 Å². The Labute approximate surface area is 137 Å². The maximum Gasteiger partial charge on any atom is 0.0281 e. The van der Waals surface area contributed by atoms with E-state index < -0.39 is 0 Å². The molecule has 0 heteroatoms. The molecular formula is C22H32. The number of hydrogen-bond donors (Lipinski definition) is 0. The van der Waals surface area contributed by atoms with E-state index in [0.29, 0.717) is 0 Å². The van der Waals surface area contributed by atoms with E-state index >= 15 is 0 Å². The molecule has 0 amide bonds. The molecule has 0 bridgehead atoms. The van der Waals surface area contributed by atoms with Gasteiger partial charge in [-0.25, -0.2) is 0 Å². The standard InChI is InChI=1S/C22H32/c1-15-11-12-22(5)19(13-15)9-10-20-18(4)14-17(3)16(2)7-6-8-21(20)22/h8,11-13,16-18,20H,1,6-7,9-10,14H2,2-5H3/b21-8+. The van der Waals surface area contributed by atoms with Gasteiger partial charge in [0.2, 0.25) is 0 Å². The Morgan fingerprint density at radius 1 is 1.09 bits per heavy atom. The molecule has 3 aliphatic rings. The molecule has 22 heavy (non-hydrogen) atoms. The predicted molar refractivity (Wildman–Crippen MR) is 96.6 cm³/mol. The molecule has 0 heterocycles. The molecule has 3 rings (SSSR count). The molecule has 0 spiro atoms. The molecule has 0 aromatic rings. The fourth-order valence-electron chi connectivity index (χ4n) is 4.99. The van der Waals surface area contributed by atoms with E-state index in [-0.39, 0.29) is 5.41 Å². The van der Waals surface area contributed by atoms with Crippen LogP contribution in [0.1, 0.15) is 59.8 Å². The van der Waals surface area contributed by atoms with Crippen molar-refractivity contribution >= 4 is 0 Å². The van der Waals surface area contributed by atoms with Crippen LogP contribution >= 0.6 is 0 Å². The maximum absolute atomic E-state index is 4.14. The highest BCUT2D eigenvalue weighted by Crippen LogP contribution is 2.54. The van der Waals surface area contributed by atoms with E-state index in [9.17, 15) is 0 Å². The predicted octanol–water partition coefficient (Wildman–Crippen LogP) is 6.47. The van der Waals surface area contributed by atoms with Crippen molar-refractivity contribution in [2.24, 2.45) is 29.1 Å². The third-order valence-corrected chi connectivity index (χ3v) is 6.77. The fourth-order valence-corrected chi connectivity index (χ4v) is 4.99. The largest absolute Gasteiger partial charge is 0.0918 e. The minimum Gasteiger partial charge on any atom is -0.0918 e. The topological polar surface area (TPSA) is 0 Å². The van der Waals surface area contributed by atoms with E-state index in [1.54, 1.807) is 11.1 Å². The van der Waals surface area contributed by atoms with Gasteiger partial charge in [-0.05, 0) is 68.3 Å². The number of hydrogen-bond acceptors (Lipinski definition) is 0. The molecule has 1 saturated carbocycles. The molecule has 0 nitrogen and oxygen atoms in total. The first-order valence-electron chi connectivity index (χ1n) is 9.21. The summed E-state index contributed by atoms with van der Waals surface area (Å²) in [4.78, 5) is 0. The highest BCUT2D eigenvalue weighted by molar-refractivity contribution is 5.49. The summed E-state index contributed by atoms with van der Waals surface area (Å²) in [7, 11) is 0. The SMILES string of the molecule is C=C1C=CC2(C)C(=C1)CCC1/C2=C\CCC(C)C(C)CC1C. The van der Waals surface area contributed by atoms with Crippen LogP contribution in [0, 0.1) is 29.1 Å². The first kappa shape index (κ1) is 15.8. The summed E-state index contributed by atoms with van der Waals surface area (Å²) in [5.74, 6) is 3.28. The van der Waals surface area contributed by atoms with Crippen molar-refractivity contribution in [3.8, 4) is 0 Å². The lowest BCUT2D eigenvalue weighted by Crippen LogP contribution is -2.34. The minimum atomic E-state index is 0.162. The van der Waals surface area contributed by atoms with Crippen LogP contribution in [0.15, 0.2) is 47.6 Å². The average Bonchev–Trinajstić information content (AvgIpc) is 2.52. The normalized spacial score (nSPS) is 44.6. The maximum atomic E-state index is 4.14. The van der Waals surface area contributed by atoms with Gasteiger partial charge >= 0.3 is 0 Å². The molecule has 5 unspecified atom stereocenters. The van der Waals surface area contributed by atoms with Gasteiger partial charge in [-0.2, -0.15) is 0 Å². The average molecular weight is 296 g/mol. The van der Waals surface area contributed by atoms with E-state index in [1.165, 1.54) is 37.7 Å². The van der Waals surface area contributed by atoms with Crippen molar-refractivity contribution in [3.05, 3.63) is 47.6 Å². The highest BCUT2D eigenvalue weighted by Gasteiger charge is 2.42. The van der Waals surface area contributed by atoms with Gasteiger partial charge in [0.05, 0.1) is 0 Å². The first-order chi connectivity index (χ1) is 10.4. The van der Waals surface area contributed by atoms with Crippen molar-refractivity contribution in [1.82, 2.24) is 0 Å². The Hall–Kier alpha value is -1.04. The van der Waals surface area contributed by atoms with Crippen LogP contribution in [-0.4, -0.2) is 0 Å². The zero-order valence-electron chi connectivity index (χ0n) is 14.9. The third-order valence-electron chi connectivity index (χ3n) is 6.77.